The van der Waals surface area contributed by atoms with Gasteiger partial charge in [-0.1, -0.05) is 6.42 Å². The lowest BCUT2D eigenvalue weighted by atomic mass is 10.2. The van der Waals surface area contributed by atoms with Crippen molar-refractivity contribution in [3.63, 3.8) is 0 Å². The van der Waals surface area contributed by atoms with Crippen molar-refractivity contribution in [1.29, 1.82) is 0 Å². The number of carboxylic acid groups (broad SMARTS) is 1. The summed E-state index contributed by atoms with van der Waals surface area (Å²) >= 11 is 0. The van der Waals surface area contributed by atoms with Crippen molar-refractivity contribution in [2.75, 3.05) is 13.1 Å². The summed E-state index contributed by atoms with van der Waals surface area (Å²) in [6.45, 7) is 1.00. The molecule has 0 aromatic rings. The van der Waals surface area contributed by atoms with Gasteiger partial charge in [-0.2, -0.15) is 0 Å². The van der Waals surface area contributed by atoms with Crippen molar-refractivity contribution in [2.45, 2.75) is 38.5 Å². The molecule has 0 heterocycles. The van der Waals surface area contributed by atoms with Crippen molar-refractivity contribution in [1.82, 2.24) is 5.32 Å². The van der Waals surface area contributed by atoms with E-state index in [1.807, 2.05) is 0 Å². The first-order valence-electron chi connectivity index (χ1n) is 6.06. The Bertz CT molecular complexity index is 288. The number of nitrogens with one attached hydrogen (secondary N) is 1. The maximum absolute atomic E-state index is 11.3. The quantitative estimate of drug-likeness (QED) is 0.245. The number of carbonyl (C=O) groups is 2. The molecular weight excluding hydrogens is 236 g/mol. The van der Waals surface area contributed by atoms with Gasteiger partial charge in [0.1, 0.15) is 0 Å². The van der Waals surface area contributed by atoms with Crippen LogP contribution in [-0.4, -0.2) is 36.0 Å². The molecule has 0 saturated carbocycles. The van der Waals surface area contributed by atoms with Crippen LogP contribution in [0, 0.1) is 0 Å². The van der Waals surface area contributed by atoms with Crippen LogP contribution < -0.4 is 16.8 Å². The summed E-state index contributed by atoms with van der Waals surface area (Å²) in [5, 5.41) is 11.1. The summed E-state index contributed by atoms with van der Waals surface area (Å²) < 4.78 is 0. The van der Waals surface area contributed by atoms with E-state index in [1.54, 1.807) is 0 Å². The molecule has 0 rings (SSSR count). The Morgan fingerprint density at radius 1 is 1.06 bits per heavy atom. The number of hydrogen-bond acceptors (Lipinski definition) is 3. The number of aliphatic imine (C=N–C) groups is 1. The van der Waals surface area contributed by atoms with Gasteiger partial charge in [0.05, 0.1) is 0 Å². The second-order valence-electron chi connectivity index (χ2n) is 3.96. The van der Waals surface area contributed by atoms with Crippen LogP contribution in [0.5, 0.6) is 0 Å². The van der Waals surface area contributed by atoms with Crippen LogP contribution in [0.25, 0.3) is 0 Å². The molecule has 0 fully saturated rings. The zero-order valence-corrected chi connectivity index (χ0v) is 10.5. The lowest BCUT2D eigenvalue weighted by Crippen LogP contribution is -2.24. The predicted octanol–water partition coefficient (Wildman–Crippen LogP) is -0.199. The topological polar surface area (TPSA) is 131 Å². The highest BCUT2D eigenvalue weighted by Crippen LogP contribution is 2.00. The molecule has 7 heteroatoms. The lowest BCUT2D eigenvalue weighted by Gasteiger charge is -2.03. The van der Waals surface area contributed by atoms with Gasteiger partial charge in [0.15, 0.2) is 5.96 Å². The van der Waals surface area contributed by atoms with Gasteiger partial charge in [-0.3, -0.25) is 14.6 Å². The lowest BCUT2D eigenvalue weighted by molar-refractivity contribution is -0.137. The van der Waals surface area contributed by atoms with Crippen molar-refractivity contribution in [2.24, 2.45) is 16.5 Å². The molecule has 0 saturated heterocycles. The highest BCUT2D eigenvalue weighted by Gasteiger charge is 2.01. The number of nitrogens with zero attached hydrogens (tertiary/aromatic N) is 1. The molecule has 0 aliphatic rings. The van der Waals surface area contributed by atoms with Crippen molar-refractivity contribution in [3.8, 4) is 0 Å². The third-order valence-corrected chi connectivity index (χ3v) is 2.25. The first-order chi connectivity index (χ1) is 8.52. The van der Waals surface area contributed by atoms with Gasteiger partial charge in [-0.05, 0) is 19.3 Å². The molecule has 0 bridgehead atoms. The number of guanidine groups is 1. The second kappa shape index (κ2) is 10.4. The molecular formula is C11H22N4O3. The Hall–Kier alpha value is -1.79. The van der Waals surface area contributed by atoms with E-state index in [0.717, 1.165) is 19.3 Å². The molecule has 0 aromatic carbocycles. The van der Waals surface area contributed by atoms with Crippen LogP contribution >= 0.6 is 0 Å². The number of rotatable bonds is 10. The third-order valence-electron chi connectivity index (χ3n) is 2.25. The first-order valence-corrected chi connectivity index (χ1v) is 6.06. The maximum atomic E-state index is 11.3. The van der Waals surface area contributed by atoms with Crippen LogP contribution in [0.4, 0.5) is 0 Å². The highest BCUT2D eigenvalue weighted by atomic mass is 16.4. The number of carboxylic acids is 1. The van der Waals surface area contributed by atoms with Gasteiger partial charge in [-0.15, -0.1) is 0 Å². The number of hydrogen-bond donors (Lipinski definition) is 4. The van der Waals surface area contributed by atoms with Crippen molar-refractivity contribution >= 4 is 17.8 Å². The number of amides is 1. The van der Waals surface area contributed by atoms with E-state index in [-0.39, 0.29) is 18.3 Å². The Kier molecular flexibility index (Phi) is 9.34. The maximum Gasteiger partial charge on any atom is 0.303 e. The Labute approximate surface area is 107 Å². The SMILES string of the molecule is NC(N)=NCCCCCC(=O)NCCCC(=O)O. The molecule has 0 atom stereocenters. The largest absolute Gasteiger partial charge is 0.481 e. The smallest absolute Gasteiger partial charge is 0.303 e. The van der Waals surface area contributed by atoms with Crippen LogP contribution in [0.3, 0.4) is 0 Å². The molecule has 0 aliphatic carbocycles. The number of nitrogens with two attached hydrogens (primary N) is 2. The fourth-order valence-corrected chi connectivity index (χ4v) is 1.34. The summed E-state index contributed by atoms with van der Waals surface area (Å²) in [6, 6.07) is 0. The Morgan fingerprint density at radius 3 is 2.39 bits per heavy atom. The fraction of sp³-hybridized carbons (Fsp3) is 0.727. The molecule has 104 valence electrons. The molecule has 1 amide bonds. The van der Waals surface area contributed by atoms with Gasteiger partial charge in [0.2, 0.25) is 5.91 Å². The van der Waals surface area contributed by atoms with Gasteiger partial charge < -0.3 is 21.9 Å². The molecule has 0 radical (unpaired) electrons. The first kappa shape index (κ1) is 16.2. The van der Waals surface area contributed by atoms with E-state index in [2.05, 4.69) is 10.3 Å². The Morgan fingerprint density at radius 2 is 1.78 bits per heavy atom. The highest BCUT2D eigenvalue weighted by molar-refractivity contribution is 5.76. The minimum Gasteiger partial charge on any atom is -0.481 e. The van der Waals surface area contributed by atoms with Crippen LogP contribution in [0.2, 0.25) is 0 Å². The third kappa shape index (κ3) is 12.3. The van der Waals surface area contributed by atoms with E-state index in [4.69, 9.17) is 16.6 Å². The van der Waals surface area contributed by atoms with E-state index >= 15 is 0 Å². The predicted molar refractivity (Wildman–Crippen MR) is 69.0 cm³/mol. The normalized spacial score (nSPS) is 9.78. The number of aliphatic carboxylic acids is 1. The van der Waals surface area contributed by atoms with Crippen LogP contribution in [0.1, 0.15) is 38.5 Å². The van der Waals surface area contributed by atoms with E-state index in [0.29, 0.717) is 25.9 Å². The second-order valence-corrected chi connectivity index (χ2v) is 3.96. The molecule has 0 spiro atoms. The minimum atomic E-state index is -0.844. The van der Waals surface area contributed by atoms with Gasteiger partial charge in [0, 0.05) is 25.9 Å². The number of unbranched alkanes of at least 4 members (excludes halogenated alkanes) is 2. The van der Waals surface area contributed by atoms with Gasteiger partial charge >= 0.3 is 5.97 Å². The summed E-state index contributed by atoms with van der Waals surface area (Å²) in [5.41, 5.74) is 10.3. The van der Waals surface area contributed by atoms with E-state index < -0.39 is 5.97 Å². The summed E-state index contributed by atoms with van der Waals surface area (Å²) in [4.78, 5) is 25.4. The molecule has 18 heavy (non-hydrogen) atoms. The number of carbonyl (C=O) groups excluding carboxylic acids is 1. The van der Waals surface area contributed by atoms with Crippen molar-refractivity contribution in [3.05, 3.63) is 0 Å². The van der Waals surface area contributed by atoms with Crippen LogP contribution in [-0.2, 0) is 9.59 Å². The molecule has 0 unspecified atom stereocenters. The average molecular weight is 258 g/mol. The van der Waals surface area contributed by atoms with Gasteiger partial charge in [-0.25, -0.2) is 0 Å². The molecule has 7 nitrogen and oxygen atoms in total. The molecule has 0 aromatic heterocycles. The van der Waals surface area contributed by atoms with Crippen molar-refractivity contribution < 1.29 is 14.7 Å². The van der Waals surface area contributed by atoms with E-state index in [1.165, 1.54) is 0 Å². The zero-order valence-electron chi connectivity index (χ0n) is 10.5. The average Bonchev–Trinajstić information content (AvgIpc) is 2.28. The Balaban J connectivity index is 3.32. The standard InChI is InChI=1S/C11H22N4O3/c12-11(13)15-7-3-1-2-5-9(16)14-8-4-6-10(17)18/h1-8H2,(H,14,16)(H,17,18)(H4,12,13,15). The van der Waals surface area contributed by atoms with Crippen LogP contribution in [0.15, 0.2) is 4.99 Å². The summed E-state index contributed by atoms with van der Waals surface area (Å²) in [6.07, 6.45) is 3.52. The molecule has 6 N–H and O–H groups in total. The van der Waals surface area contributed by atoms with Gasteiger partial charge in [0.25, 0.3) is 0 Å². The monoisotopic (exact) mass is 258 g/mol. The molecule has 0 aliphatic heterocycles. The van der Waals surface area contributed by atoms with E-state index in [9.17, 15) is 9.59 Å². The zero-order chi connectivity index (χ0) is 13.8. The summed E-state index contributed by atoms with van der Waals surface area (Å²) in [7, 11) is 0. The fourth-order valence-electron chi connectivity index (χ4n) is 1.34. The minimum absolute atomic E-state index is 0.0396. The summed E-state index contributed by atoms with van der Waals surface area (Å²) in [5.74, 6) is -0.794.